The third kappa shape index (κ3) is 4.94. The molecule has 0 bridgehead atoms. The van der Waals surface area contributed by atoms with Crippen molar-refractivity contribution in [3.05, 3.63) is 84.7 Å². The molecule has 0 heterocycles. The van der Waals surface area contributed by atoms with E-state index in [0.29, 0.717) is 22.9 Å². The van der Waals surface area contributed by atoms with Crippen molar-refractivity contribution in [2.45, 2.75) is 6.92 Å². The Hall–Kier alpha value is -3.67. The normalized spacial score (nSPS) is 10.2. The van der Waals surface area contributed by atoms with Crippen LogP contribution in [0.3, 0.4) is 0 Å². The summed E-state index contributed by atoms with van der Waals surface area (Å²) in [6.07, 6.45) is 0. The molecule has 0 atom stereocenters. The topological polar surface area (TPSA) is 58.6 Å². The zero-order chi connectivity index (χ0) is 19.9. The summed E-state index contributed by atoms with van der Waals surface area (Å²) in [5, 5.41) is 2.59. The molecule has 3 aromatic rings. The van der Waals surface area contributed by atoms with Crippen LogP contribution in [-0.4, -0.2) is 18.4 Å². The lowest BCUT2D eigenvalue weighted by molar-refractivity contribution is -0.120. The van der Waals surface area contributed by atoms with E-state index in [2.05, 4.69) is 5.32 Å². The number of rotatable bonds is 6. The Morgan fingerprint density at radius 2 is 1.68 bits per heavy atom. The second-order valence-electron chi connectivity index (χ2n) is 6.05. The predicted molar refractivity (Wildman–Crippen MR) is 106 cm³/mol. The minimum atomic E-state index is -0.456. The van der Waals surface area contributed by atoms with Crippen LogP contribution >= 0.6 is 0 Å². The third-order valence-electron chi connectivity index (χ3n) is 3.92. The quantitative estimate of drug-likeness (QED) is 0.681. The molecule has 0 saturated carbocycles. The Morgan fingerprint density at radius 1 is 0.964 bits per heavy atom. The zero-order valence-electron chi connectivity index (χ0n) is 15.3. The summed E-state index contributed by atoms with van der Waals surface area (Å²) < 4.78 is 19.2. The molecule has 0 fully saturated rings. The van der Waals surface area contributed by atoms with Gasteiger partial charge in [-0.2, -0.15) is 0 Å². The highest BCUT2D eigenvalue weighted by Crippen LogP contribution is 2.32. The Bertz CT molecular complexity index is 976. The first-order valence-corrected chi connectivity index (χ1v) is 8.68. The maximum atomic E-state index is 13.3. The standard InChI is InChI=1S/C22H19FN2O3/c1-16(26)25(15-22(27)24-18-9-7-8-17(23)14-18)20-12-5-6-13-21(20)28-19-10-3-2-4-11-19/h2-14H,15H2,1H3,(H,24,27). The van der Waals surface area contributed by atoms with Crippen molar-refractivity contribution in [2.75, 3.05) is 16.8 Å². The molecule has 5 nitrogen and oxygen atoms in total. The average molecular weight is 378 g/mol. The Kier molecular flexibility index (Phi) is 6.01. The maximum absolute atomic E-state index is 13.3. The van der Waals surface area contributed by atoms with Gasteiger partial charge < -0.3 is 10.1 Å². The van der Waals surface area contributed by atoms with Gasteiger partial charge in [-0.05, 0) is 42.5 Å². The molecule has 0 radical (unpaired) electrons. The molecule has 2 amide bonds. The molecule has 0 saturated heterocycles. The van der Waals surface area contributed by atoms with Crippen molar-refractivity contribution in [1.82, 2.24) is 0 Å². The highest BCUT2D eigenvalue weighted by atomic mass is 19.1. The molecule has 3 rings (SSSR count). The Labute approximate surface area is 162 Å². The van der Waals surface area contributed by atoms with Crippen LogP contribution in [0, 0.1) is 5.82 Å². The fourth-order valence-corrected chi connectivity index (χ4v) is 2.66. The lowest BCUT2D eigenvalue weighted by atomic mass is 10.2. The Morgan fingerprint density at radius 3 is 2.39 bits per heavy atom. The number of para-hydroxylation sites is 3. The van der Waals surface area contributed by atoms with Crippen molar-refractivity contribution in [3.8, 4) is 11.5 Å². The molecular formula is C22H19FN2O3. The van der Waals surface area contributed by atoms with E-state index >= 15 is 0 Å². The molecule has 1 N–H and O–H groups in total. The lowest BCUT2D eigenvalue weighted by Crippen LogP contribution is -2.36. The zero-order valence-corrected chi connectivity index (χ0v) is 15.3. The van der Waals surface area contributed by atoms with Crippen LogP contribution in [-0.2, 0) is 9.59 Å². The first kappa shape index (κ1) is 19.1. The van der Waals surface area contributed by atoms with E-state index in [-0.39, 0.29) is 12.5 Å². The molecule has 6 heteroatoms. The fraction of sp³-hybridized carbons (Fsp3) is 0.0909. The smallest absolute Gasteiger partial charge is 0.244 e. The van der Waals surface area contributed by atoms with Crippen LogP contribution in [0.15, 0.2) is 78.9 Å². The minimum Gasteiger partial charge on any atom is -0.455 e. The second-order valence-corrected chi connectivity index (χ2v) is 6.05. The minimum absolute atomic E-state index is 0.235. The summed E-state index contributed by atoms with van der Waals surface area (Å²) in [6, 6.07) is 21.7. The van der Waals surface area contributed by atoms with E-state index in [1.807, 2.05) is 18.2 Å². The van der Waals surface area contributed by atoms with Crippen molar-refractivity contribution in [1.29, 1.82) is 0 Å². The van der Waals surface area contributed by atoms with E-state index in [4.69, 9.17) is 4.74 Å². The second kappa shape index (κ2) is 8.81. The van der Waals surface area contributed by atoms with E-state index < -0.39 is 11.7 Å². The number of hydrogen-bond donors (Lipinski definition) is 1. The van der Waals surface area contributed by atoms with Crippen LogP contribution in [0.25, 0.3) is 0 Å². The maximum Gasteiger partial charge on any atom is 0.244 e. The predicted octanol–water partition coefficient (Wildman–Crippen LogP) is 4.61. The van der Waals surface area contributed by atoms with Gasteiger partial charge >= 0.3 is 0 Å². The third-order valence-corrected chi connectivity index (χ3v) is 3.92. The van der Waals surface area contributed by atoms with Gasteiger partial charge in [0.25, 0.3) is 0 Å². The number of anilines is 2. The SMILES string of the molecule is CC(=O)N(CC(=O)Nc1cccc(F)c1)c1ccccc1Oc1ccccc1. The molecule has 0 aliphatic carbocycles. The first-order chi connectivity index (χ1) is 13.5. The van der Waals surface area contributed by atoms with Crippen LogP contribution in [0.1, 0.15) is 6.92 Å². The molecule has 28 heavy (non-hydrogen) atoms. The summed E-state index contributed by atoms with van der Waals surface area (Å²) >= 11 is 0. The van der Waals surface area contributed by atoms with Crippen molar-refractivity contribution >= 4 is 23.2 Å². The summed E-state index contributed by atoms with van der Waals surface area (Å²) in [6.45, 7) is 1.13. The summed E-state index contributed by atoms with van der Waals surface area (Å²) in [5.41, 5.74) is 0.788. The van der Waals surface area contributed by atoms with Crippen LogP contribution in [0.4, 0.5) is 15.8 Å². The number of ether oxygens (including phenoxy) is 1. The number of benzene rings is 3. The summed E-state index contributed by atoms with van der Waals surface area (Å²) in [4.78, 5) is 25.9. The van der Waals surface area contributed by atoms with E-state index in [0.717, 1.165) is 0 Å². The van der Waals surface area contributed by atoms with Crippen molar-refractivity contribution < 1.29 is 18.7 Å². The number of carbonyl (C=O) groups is 2. The van der Waals surface area contributed by atoms with Crippen LogP contribution in [0.5, 0.6) is 11.5 Å². The number of hydrogen-bond acceptors (Lipinski definition) is 3. The Balaban J connectivity index is 1.80. The van der Waals surface area contributed by atoms with Gasteiger partial charge in [-0.15, -0.1) is 0 Å². The lowest BCUT2D eigenvalue weighted by Gasteiger charge is -2.23. The van der Waals surface area contributed by atoms with Gasteiger partial charge in [0, 0.05) is 12.6 Å². The summed E-state index contributed by atoms with van der Waals surface area (Å²) in [5.74, 6) is -0.165. The highest BCUT2D eigenvalue weighted by Gasteiger charge is 2.20. The molecule has 0 aromatic heterocycles. The number of amides is 2. The summed E-state index contributed by atoms with van der Waals surface area (Å²) in [7, 11) is 0. The van der Waals surface area contributed by atoms with E-state index in [1.165, 1.54) is 30.0 Å². The molecule has 0 unspecified atom stereocenters. The van der Waals surface area contributed by atoms with Gasteiger partial charge in [0.2, 0.25) is 11.8 Å². The largest absolute Gasteiger partial charge is 0.455 e. The van der Waals surface area contributed by atoms with Gasteiger partial charge in [-0.1, -0.05) is 36.4 Å². The van der Waals surface area contributed by atoms with E-state index in [1.54, 1.807) is 42.5 Å². The van der Waals surface area contributed by atoms with E-state index in [9.17, 15) is 14.0 Å². The monoisotopic (exact) mass is 378 g/mol. The van der Waals surface area contributed by atoms with Gasteiger partial charge in [0.1, 0.15) is 18.1 Å². The molecular weight excluding hydrogens is 359 g/mol. The van der Waals surface area contributed by atoms with Crippen molar-refractivity contribution in [2.24, 2.45) is 0 Å². The molecule has 0 spiro atoms. The number of halogens is 1. The van der Waals surface area contributed by atoms with Crippen LogP contribution < -0.4 is 15.0 Å². The number of carbonyl (C=O) groups excluding carboxylic acids is 2. The average Bonchev–Trinajstić information content (AvgIpc) is 2.67. The first-order valence-electron chi connectivity index (χ1n) is 8.68. The van der Waals surface area contributed by atoms with Crippen molar-refractivity contribution in [3.63, 3.8) is 0 Å². The van der Waals surface area contributed by atoms with Crippen LogP contribution in [0.2, 0.25) is 0 Å². The number of nitrogens with zero attached hydrogens (tertiary/aromatic N) is 1. The molecule has 3 aromatic carbocycles. The molecule has 142 valence electrons. The number of nitrogens with one attached hydrogen (secondary N) is 1. The fourth-order valence-electron chi connectivity index (χ4n) is 2.66. The molecule has 0 aliphatic rings. The molecule has 0 aliphatic heterocycles. The van der Waals surface area contributed by atoms with Gasteiger partial charge in [0.15, 0.2) is 5.75 Å². The van der Waals surface area contributed by atoms with Gasteiger partial charge in [-0.25, -0.2) is 4.39 Å². The van der Waals surface area contributed by atoms with Gasteiger partial charge in [-0.3, -0.25) is 14.5 Å². The van der Waals surface area contributed by atoms with Gasteiger partial charge in [0.05, 0.1) is 5.69 Å². The highest BCUT2D eigenvalue weighted by molar-refractivity contribution is 6.02.